The van der Waals surface area contributed by atoms with Crippen LogP contribution in [-0.2, 0) is 14.3 Å². The van der Waals surface area contributed by atoms with Crippen LogP contribution < -0.4 is 5.32 Å². The monoisotopic (exact) mass is 263 g/mol. The summed E-state index contributed by atoms with van der Waals surface area (Å²) >= 11 is 0. The molecule has 0 saturated carbocycles. The minimum atomic E-state index is -1.14. The van der Waals surface area contributed by atoms with Gasteiger partial charge in [-0.25, -0.2) is 0 Å². The van der Waals surface area contributed by atoms with E-state index < -0.39 is 36.7 Å². The predicted octanol–water partition coefficient (Wildman–Crippen LogP) is -1.64. The van der Waals surface area contributed by atoms with Crippen molar-refractivity contribution in [3.05, 3.63) is 0 Å². The molecule has 4 N–H and O–H groups in total. The molecule has 0 radical (unpaired) electrons. The number of carbonyl (C=O) groups excluding carboxylic acids is 1. The van der Waals surface area contributed by atoms with E-state index in [0.717, 1.165) is 0 Å². The molecule has 0 aromatic carbocycles. The summed E-state index contributed by atoms with van der Waals surface area (Å²) in [5.74, 6) is -1.27. The van der Waals surface area contributed by atoms with E-state index in [0.29, 0.717) is 0 Å². The van der Waals surface area contributed by atoms with Crippen LogP contribution >= 0.6 is 0 Å². The third-order valence-corrected chi connectivity index (χ3v) is 2.71. The molecule has 4 atom stereocenters. The Bertz CT molecular complexity index is 295. The second-order valence-corrected chi connectivity index (χ2v) is 4.80. The zero-order valence-corrected chi connectivity index (χ0v) is 10.8. The molecule has 1 aliphatic heterocycles. The highest BCUT2D eigenvalue weighted by Gasteiger charge is 2.48. The number of aliphatic hydroxyl groups is 3. The van der Waals surface area contributed by atoms with Gasteiger partial charge >= 0.3 is 0 Å². The van der Waals surface area contributed by atoms with E-state index >= 15 is 0 Å². The topological polar surface area (TPSA) is 108 Å². The van der Waals surface area contributed by atoms with Crippen molar-refractivity contribution in [2.75, 3.05) is 13.2 Å². The van der Waals surface area contributed by atoms with E-state index in [1.54, 1.807) is 13.8 Å². The fourth-order valence-corrected chi connectivity index (χ4v) is 2.02. The normalized spacial score (nSPS) is 29.9. The third kappa shape index (κ3) is 3.63. The molecule has 7 nitrogen and oxygen atoms in total. The van der Waals surface area contributed by atoms with Crippen molar-refractivity contribution < 1.29 is 29.6 Å². The average Bonchev–Trinajstić information content (AvgIpc) is 2.60. The van der Waals surface area contributed by atoms with Gasteiger partial charge in [-0.05, 0) is 13.8 Å². The lowest BCUT2D eigenvalue weighted by molar-refractivity contribution is -0.159. The first-order chi connectivity index (χ1) is 8.30. The molecule has 1 heterocycles. The Hall–Kier alpha value is -0.730. The van der Waals surface area contributed by atoms with Gasteiger partial charge < -0.3 is 30.1 Å². The lowest BCUT2D eigenvalue weighted by atomic mass is 10.0. The van der Waals surface area contributed by atoms with Crippen molar-refractivity contribution in [3.63, 3.8) is 0 Å². The number of aliphatic hydroxyl groups excluding tert-OH is 3. The molecule has 0 aromatic rings. The Morgan fingerprint density at radius 3 is 2.28 bits per heavy atom. The van der Waals surface area contributed by atoms with E-state index in [4.69, 9.17) is 14.6 Å². The highest BCUT2D eigenvalue weighted by molar-refractivity contribution is 5.73. The van der Waals surface area contributed by atoms with Crippen molar-refractivity contribution >= 4 is 5.91 Å². The standard InChI is InChI=1S/C11H21NO6/c1-6(15)12-7(4-13)9-10(8(16)5-14)18-11(2,3)17-9/h7-10,13-14,16H,4-5H2,1-3H3,(H,12,15)/t7-,8-,9-,10-/m1/s1. The third-order valence-electron chi connectivity index (χ3n) is 2.71. The van der Waals surface area contributed by atoms with Crippen LogP contribution in [0.25, 0.3) is 0 Å². The zero-order chi connectivity index (χ0) is 13.9. The Balaban J connectivity index is 2.84. The lowest BCUT2D eigenvalue weighted by Crippen LogP contribution is -2.52. The first-order valence-electron chi connectivity index (χ1n) is 5.83. The van der Waals surface area contributed by atoms with E-state index in [2.05, 4.69) is 5.32 Å². The Labute approximate surface area is 106 Å². The molecule has 1 saturated heterocycles. The lowest BCUT2D eigenvalue weighted by Gasteiger charge is -2.27. The van der Waals surface area contributed by atoms with E-state index in [9.17, 15) is 15.0 Å². The first-order valence-corrected chi connectivity index (χ1v) is 5.83. The number of nitrogens with one attached hydrogen (secondary N) is 1. The maximum Gasteiger partial charge on any atom is 0.217 e. The maximum atomic E-state index is 11.0. The first kappa shape index (κ1) is 15.3. The van der Waals surface area contributed by atoms with Gasteiger partial charge in [0.05, 0.1) is 19.3 Å². The van der Waals surface area contributed by atoms with Crippen LogP contribution in [0.2, 0.25) is 0 Å². The molecule has 106 valence electrons. The van der Waals surface area contributed by atoms with Crippen LogP contribution in [0, 0.1) is 0 Å². The zero-order valence-electron chi connectivity index (χ0n) is 10.8. The summed E-state index contributed by atoms with van der Waals surface area (Å²) in [5, 5.41) is 30.5. The predicted molar refractivity (Wildman–Crippen MR) is 61.6 cm³/mol. The molecule has 7 heteroatoms. The molecule has 1 fully saturated rings. The molecule has 0 aromatic heterocycles. The Morgan fingerprint density at radius 2 is 1.83 bits per heavy atom. The Kier molecular flexibility index (Phi) is 5.06. The fourth-order valence-electron chi connectivity index (χ4n) is 2.02. The largest absolute Gasteiger partial charge is 0.394 e. The maximum absolute atomic E-state index is 11.0. The van der Waals surface area contributed by atoms with Crippen LogP contribution in [-0.4, -0.2) is 64.6 Å². The van der Waals surface area contributed by atoms with E-state index in [1.807, 2.05) is 0 Å². The summed E-state index contributed by atoms with van der Waals surface area (Å²) in [5.41, 5.74) is 0. The highest BCUT2D eigenvalue weighted by Crippen LogP contribution is 2.31. The van der Waals surface area contributed by atoms with Gasteiger partial charge in [0.15, 0.2) is 5.79 Å². The van der Waals surface area contributed by atoms with Crippen LogP contribution in [0.4, 0.5) is 0 Å². The summed E-state index contributed by atoms with van der Waals surface area (Å²) in [6, 6.07) is -0.699. The molecule has 0 spiro atoms. The number of amides is 1. The van der Waals surface area contributed by atoms with Crippen molar-refractivity contribution in [1.82, 2.24) is 5.32 Å². The van der Waals surface area contributed by atoms with Crippen LogP contribution in [0.15, 0.2) is 0 Å². The molecule has 1 rings (SSSR count). The average molecular weight is 263 g/mol. The molecule has 18 heavy (non-hydrogen) atoms. The van der Waals surface area contributed by atoms with Gasteiger partial charge in [-0.3, -0.25) is 4.79 Å². The molecule has 0 bridgehead atoms. The number of carbonyl (C=O) groups is 1. The van der Waals surface area contributed by atoms with Crippen molar-refractivity contribution in [3.8, 4) is 0 Å². The number of hydrogen-bond acceptors (Lipinski definition) is 6. The summed E-state index contributed by atoms with van der Waals surface area (Å²) in [7, 11) is 0. The molecule has 1 aliphatic rings. The van der Waals surface area contributed by atoms with Crippen LogP contribution in [0.5, 0.6) is 0 Å². The van der Waals surface area contributed by atoms with E-state index in [1.165, 1.54) is 6.92 Å². The number of hydrogen-bond donors (Lipinski definition) is 4. The smallest absolute Gasteiger partial charge is 0.217 e. The second-order valence-electron chi connectivity index (χ2n) is 4.80. The van der Waals surface area contributed by atoms with Gasteiger partial charge in [-0.15, -0.1) is 0 Å². The van der Waals surface area contributed by atoms with Crippen molar-refractivity contribution in [2.24, 2.45) is 0 Å². The molecule has 1 amide bonds. The highest BCUT2D eigenvalue weighted by atomic mass is 16.8. The molecule has 0 aliphatic carbocycles. The molecular weight excluding hydrogens is 242 g/mol. The van der Waals surface area contributed by atoms with E-state index in [-0.39, 0.29) is 12.5 Å². The summed E-state index contributed by atoms with van der Waals surface area (Å²) in [6.07, 6.45) is -2.68. The Morgan fingerprint density at radius 1 is 1.28 bits per heavy atom. The number of rotatable bonds is 5. The molecule has 0 unspecified atom stereocenters. The minimum Gasteiger partial charge on any atom is -0.394 e. The summed E-state index contributed by atoms with van der Waals surface area (Å²) in [6.45, 7) is 3.80. The number of ether oxygens (including phenoxy) is 2. The van der Waals surface area contributed by atoms with Gasteiger partial charge in [-0.2, -0.15) is 0 Å². The van der Waals surface area contributed by atoms with Crippen LogP contribution in [0.1, 0.15) is 20.8 Å². The summed E-state index contributed by atoms with van der Waals surface area (Å²) in [4.78, 5) is 11.0. The fraction of sp³-hybridized carbons (Fsp3) is 0.909. The van der Waals surface area contributed by atoms with Gasteiger partial charge in [-0.1, -0.05) is 0 Å². The van der Waals surface area contributed by atoms with Gasteiger partial charge in [0, 0.05) is 6.92 Å². The quantitative estimate of drug-likeness (QED) is 0.473. The van der Waals surface area contributed by atoms with Gasteiger partial charge in [0.25, 0.3) is 0 Å². The SMILES string of the molecule is CC(=O)N[C@H](CO)[C@H]1OC(C)(C)O[C@@H]1[C@H](O)CO. The van der Waals surface area contributed by atoms with Crippen molar-refractivity contribution in [1.29, 1.82) is 0 Å². The minimum absolute atomic E-state index is 0.320. The van der Waals surface area contributed by atoms with Crippen LogP contribution in [0.3, 0.4) is 0 Å². The molecular formula is C11H21NO6. The summed E-state index contributed by atoms with van der Waals surface area (Å²) < 4.78 is 11.1. The van der Waals surface area contributed by atoms with Gasteiger partial charge in [0.1, 0.15) is 18.3 Å². The van der Waals surface area contributed by atoms with Gasteiger partial charge in [0.2, 0.25) is 5.91 Å². The second kappa shape index (κ2) is 5.94. The van der Waals surface area contributed by atoms with Crippen molar-refractivity contribution in [2.45, 2.75) is 50.9 Å².